The first-order valence-electron chi connectivity index (χ1n) is 9.72. The largest absolute Gasteiger partial charge is 0.450 e. The lowest BCUT2D eigenvalue weighted by Gasteiger charge is -2.32. The number of guanidine groups is 1. The van der Waals surface area contributed by atoms with E-state index in [0.717, 1.165) is 36.6 Å². The highest BCUT2D eigenvalue weighted by Gasteiger charge is 2.24. The quantitative estimate of drug-likeness (QED) is 0.335. The Bertz CT molecular complexity index is 751. The summed E-state index contributed by atoms with van der Waals surface area (Å²) in [6.07, 6.45) is 1.56. The number of fused-ring (bicyclic) bond motifs is 1. The number of piperidine rings is 1. The number of aromatic amines is 1. The third-order valence-electron chi connectivity index (χ3n) is 4.70. The number of hydrogen-bond donors (Lipinski definition) is 3. The summed E-state index contributed by atoms with van der Waals surface area (Å²) in [5.74, 6) is 0.811. The summed E-state index contributed by atoms with van der Waals surface area (Å²) >= 11 is 0. The van der Waals surface area contributed by atoms with Crippen LogP contribution in [0, 0.1) is 0 Å². The van der Waals surface area contributed by atoms with Gasteiger partial charge in [-0.05, 0) is 44.2 Å². The monoisotopic (exact) mass is 499 g/mol. The number of likely N-dealkylation sites (tertiary alicyclic amines) is 1. The molecule has 1 amide bonds. The molecule has 1 aliphatic rings. The van der Waals surface area contributed by atoms with Crippen LogP contribution in [0.2, 0.25) is 0 Å². The normalized spacial score (nSPS) is 15.2. The topological polar surface area (TPSA) is 81.8 Å². The molecule has 0 atom stereocenters. The summed E-state index contributed by atoms with van der Waals surface area (Å²) in [5.41, 5.74) is 2.22. The Balaban J connectivity index is 0.00000280. The van der Waals surface area contributed by atoms with Gasteiger partial charge < -0.3 is 25.3 Å². The summed E-state index contributed by atoms with van der Waals surface area (Å²) in [4.78, 5) is 21.7. The van der Waals surface area contributed by atoms with E-state index in [2.05, 4.69) is 40.7 Å². The summed E-state index contributed by atoms with van der Waals surface area (Å²) in [7, 11) is 0. The average molecular weight is 499 g/mol. The van der Waals surface area contributed by atoms with Crippen LogP contribution in [0.5, 0.6) is 0 Å². The number of hydrogen-bond acceptors (Lipinski definition) is 3. The van der Waals surface area contributed by atoms with Gasteiger partial charge in [-0.1, -0.05) is 18.2 Å². The van der Waals surface area contributed by atoms with Gasteiger partial charge in [-0.25, -0.2) is 9.79 Å². The van der Waals surface area contributed by atoms with Gasteiger partial charge in [0.1, 0.15) is 0 Å². The maximum atomic E-state index is 11.8. The molecule has 1 aromatic heterocycles. The Hall–Kier alpha value is -1.97. The fourth-order valence-electron chi connectivity index (χ4n) is 3.32. The van der Waals surface area contributed by atoms with Crippen LogP contribution in [0.1, 0.15) is 32.4 Å². The van der Waals surface area contributed by atoms with Gasteiger partial charge in [-0.2, -0.15) is 0 Å². The molecule has 1 aliphatic heterocycles. The molecule has 154 valence electrons. The fourth-order valence-corrected chi connectivity index (χ4v) is 3.32. The number of para-hydroxylation sites is 1. The predicted octanol–water partition coefficient (Wildman–Crippen LogP) is 3.46. The van der Waals surface area contributed by atoms with Crippen molar-refractivity contribution in [2.75, 3.05) is 26.2 Å². The number of halogens is 1. The summed E-state index contributed by atoms with van der Waals surface area (Å²) in [5, 5.41) is 8.01. The minimum Gasteiger partial charge on any atom is -0.450 e. The molecule has 0 aliphatic carbocycles. The number of aromatic nitrogens is 1. The van der Waals surface area contributed by atoms with Crippen LogP contribution in [-0.2, 0) is 11.3 Å². The van der Waals surface area contributed by atoms with E-state index in [1.165, 1.54) is 5.39 Å². The van der Waals surface area contributed by atoms with Crippen molar-refractivity contribution in [1.29, 1.82) is 0 Å². The molecule has 1 fully saturated rings. The summed E-state index contributed by atoms with van der Waals surface area (Å²) in [6.45, 7) is 7.12. The lowest BCUT2D eigenvalue weighted by Crippen LogP contribution is -2.49. The SMILES string of the molecule is CCNC(=NCc1cc2ccccc2[nH]1)NC1CCN(C(=O)OCC)CC1.I. The number of carbonyl (C=O) groups is 1. The molecule has 0 spiro atoms. The number of rotatable bonds is 5. The predicted molar refractivity (Wildman–Crippen MR) is 123 cm³/mol. The summed E-state index contributed by atoms with van der Waals surface area (Å²) in [6, 6.07) is 10.7. The zero-order valence-electron chi connectivity index (χ0n) is 16.5. The molecule has 1 saturated heterocycles. The van der Waals surface area contributed by atoms with Crippen molar-refractivity contribution in [3.63, 3.8) is 0 Å². The van der Waals surface area contributed by atoms with Gasteiger partial charge in [-0.15, -0.1) is 24.0 Å². The van der Waals surface area contributed by atoms with E-state index in [-0.39, 0.29) is 30.1 Å². The highest BCUT2D eigenvalue weighted by molar-refractivity contribution is 14.0. The number of ether oxygens (including phenoxy) is 1. The second kappa shape index (κ2) is 11.1. The van der Waals surface area contributed by atoms with Crippen LogP contribution >= 0.6 is 24.0 Å². The smallest absolute Gasteiger partial charge is 0.409 e. The minimum absolute atomic E-state index is 0. The second-order valence-corrected chi connectivity index (χ2v) is 6.68. The number of benzene rings is 1. The van der Waals surface area contributed by atoms with E-state index in [4.69, 9.17) is 9.73 Å². The Kier molecular flexibility index (Phi) is 8.88. The molecule has 0 saturated carbocycles. The van der Waals surface area contributed by atoms with E-state index < -0.39 is 0 Å². The molecule has 28 heavy (non-hydrogen) atoms. The van der Waals surface area contributed by atoms with E-state index in [1.807, 2.05) is 19.1 Å². The standard InChI is InChI=1S/C20H29N5O2.HI/c1-3-21-19(22-14-17-13-15-7-5-6-8-18(15)23-17)24-16-9-11-25(12-10-16)20(26)27-4-2;/h5-8,13,16,23H,3-4,9-12,14H2,1-2H3,(H2,21,22,24);1H. The van der Waals surface area contributed by atoms with Crippen LogP contribution in [-0.4, -0.2) is 54.2 Å². The molecule has 0 radical (unpaired) electrons. The molecular formula is C20H30IN5O2. The number of nitrogens with one attached hydrogen (secondary N) is 3. The van der Waals surface area contributed by atoms with Gasteiger partial charge in [0.25, 0.3) is 0 Å². The zero-order chi connectivity index (χ0) is 19.1. The van der Waals surface area contributed by atoms with Crippen molar-refractivity contribution in [2.24, 2.45) is 4.99 Å². The molecule has 2 aromatic rings. The Labute approximate surface area is 183 Å². The van der Waals surface area contributed by atoms with E-state index in [9.17, 15) is 4.79 Å². The lowest BCUT2D eigenvalue weighted by molar-refractivity contribution is 0.0963. The van der Waals surface area contributed by atoms with Crippen molar-refractivity contribution in [1.82, 2.24) is 20.5 Å². The van der Waals surface area contributed by atoms with Crippen molar-refractivity contribution < 1.29 is 9.53 Å². The molecule has 0 unspecified atom stereocenters. The van der Waals surface area contributed by atoms with E-state index in [0.29, 0.717) is 32.3 Å². The Morgan fingerprint density at radius 1 is 1.29 bits per heavy atom. The average Bonchev–Trinajstić information content (AvgIpc) is 3.10. The third-order valence-corrected chi connectivity index (χ3v) is 4.70. The summed E-state index contributed by atoms with van der Waals surface area (Å²) < 4.78 is 5.08. The van der Waals surface area contributed by atoms with Gasteiger partial charge in [0.2, 0.25) is 0 Å². The van der Waals surface area contributed by atoms with Crippen LogP contribution < -0.4 is 10.6 Å². The second-order valence-electron chi connectivity index (χ2n) is 6.68. The number of nitrogens with zero attached hydrogens (tertiary/aromatic N) is 2. The van der Waals surface area contributed by atoms with E-state index in [1.54, 1.807) is 4.90 Å². The van der Waals surface area contributed by atoms with Crippen molar-refractivity contribution >= 4 is 46.9 Å². The Morgan fingerprint density at radius 3 is 2.71 bits per heavy atom. The van der Waals surface area contributed by atoms with Gasteiger partial charge in [0.05, 0.1) is 13.2 Å². The van der Waals surface area contributed by atoms with Gasteiger partial charge >= 0.3 is 6.09 Å². The molecule has 2 heterocycles. The molecule has 3 N–H and O–H groups in total. The molecular weight excluding hydrogens is 469 g/mol. The van der Waals surface area contributed by atoms with Gasteiger partial charge in [0.15, 0.2) is 5.96 Å². The molecule has 1 aromatic carbocycles. The maximum Gasteiger partial charge on any atom is 0.409 e. The van der Waals surface area contributed by atoms with Crippen molar-refractivity contribution in [3.8, 4) is 0 Å². The molecule has 3 rings (SSSR count). The van der Waals surface area contributed by atoms with Crippen LogP contribution in [0.15, 0.2) is 35.3 Å². The fraction of sp³-hybridized carbons (Fsp3) is 0.500. The van der Waals surface area contributed by atoms with Crippen LogP contribution in [0.4, 0.5) is 4.79 Å². The number of carbonyl (C=O) groups excluding carboxylic acids is 1. The van der Waals surface area contributed by atoms with Gasteiger partial charge in [-0.3, -0.25) is 0 Å². The third kappa shape index (κ3) is 6.02. The number of H-pyrrole nitrogens is 1. The highest BCUT2D eigenvalue weighted by atomic mass is 127. The van der Waals surface area contributed by atoms with Crippen LogP contribution in [0.3, 0.4) is 0 Å². The van der Waals surface area contributed by atoms with Crippen molar-refractivity contribution in [3.05, 3.63) is 36.0 Å². The molecule has 7 nitrogen and oxygen atoms in total. The number of amides is 1. The zero-order valence-corrected chi connectivity index (χ0v) is 18.9. The maximum absolute atomic E-state index is 11.8. The first kappa shape index (κ1) is 22.3. The van der Waals surface area contributed by atoms with E-state index >= 15 is 0 Å². The molecule has 8 heteroatoms. The van der Waals surface area contributed by atoms with Gasteiger partial charge in [0, 0.05) is 36.9 Å². The minimum atomic E-state index is -0.213. The first-order valence-corrected chi connectivity index (χ1v) is 9.72. The molecule has 0 bridgehead atoms. The number of aliphatic imine (C=N–C) groups is 1. The Morgan fingerprint density at radius 2 is 2.04 bits per heavy atom. The highest BCUT2D eigenvalue weighted by Crippen LogP contribution is 2.15. The van der Waals surface area contributed by atoms with Crippen LogP contribution in [0.25, 0.3) is 10.9 Å². The first-order chi connectivity index (χ1) is 13.2. The van der Waals surface area contributed by atoms with Crippen molar-refractivity contribution in [2.45, 2.75) is 39.3 Å². The lowest BCUT2D eigenvalue weighted by atomic mass is 10.1.